The monoisotopic (exact) mass is 241 g/mol. The summed E-state index contributed by atoms with van der Waals surface area (Å²) in [6, 6.07) is 10.4. The predicted octanol–water partition coefficient (Wildman–Crippen LogP) is 2.97. The summed E-state index contributed by atoms with van der Waals surface area (Å²) >= 11 is 0. The van der Waals surface area contributed by atoms with Gasteiger partial charge in [0, 0.05) is 18.0 Å². The molecule has 2 rings (SSSR count). The van der Waals surface area contributed by atoms with Crippen molar-refractivity contribution in [2.24, 2.45) is 0 Å². The van der Waals surface area contributed by atoms with E-state index in [1.54, 1.807) is 12.2 Å². The largest absolute Gasteiger partial charge is 0.352 e. The van der Waals surface area contributed by atoms with Crippen molar-refractivity contribution in [3.05, 3.63) is 60.2 Å². The molecule has 0 atom stereocenters. The van der Waals surface area contributed by atoms with Crippen LogP contribution in [0.25, 0.3) is 0 Å². The Hall–Kier alpha value is -1.83. The summed E-state index contributed by atoms with van der Waals surface area (Å²) in [6.45, 7) is 2.66. The van der Waals surface area contributed by atoms with E-state index < -0.39 is 0 Å². The number of benzene rings is 1. The summed E-state index contributed by atoms with van der Waals surface area (Å²) in [5, 5.41) is 2.98. The Labute approximate surface area is 108 Å². The van der Waals surface area contributed by atoms with E-state index in [2.05, 4.69) is 29.6 Å². The number of hydrogen-bond acceptors (Lipinski definition) is 1. The molecule has 1 N–H and O–H groups in total. The molecule has 0 aromatic heterocycles. The lowest BCUT2D eigenvalue weighted by atomic mass is 9.96. The number of carbonyl (C=O) groups is 1. The number of nitrogens with one attached hydrogen (secondary N) is 1. The molecule has 1 aliphatic rings. The Kier molecular flexibility index (Phi) is 3.98. The van der Waals surface area contributed by atoms with E-state index in [1.165, 1.54) is 5.56 Å². The highest BCUT2D eigenvalue weighted by atomic mass is 16.1. The minimum Gasteiger partial charge on any atom is -0.352 e. The molecule has 0 saturated heterocycles. The average molecular weight is 241 g/mol. The van der Waals surface area contributed by atoms with Crippen molar-refractivity contribution < 1.29 is 4.79 Å². The summed E-state index contributed by atoms with van der Waals surface area (Å²) in [5.41, 5.74) is 1.52. The lowest BCUT2D eigenvalue weighted by Gasteiger charge is -2.15. The quantitative estimate of drug-likeness (QED) is 0.623. The molecule has 0 radical (unpaired) electrons. The maximum Gasteiger partial charge on any atom is 0.244 e. The molecule has 1 fully saturated rings. The number of allylic oxidation sites excluding steroid dienone is 3. The summed E-state index contributed by atoms with van der Waals surface area (Å²) in [5.74, 6) is -0.0182. The fourth-order valence-electron chi connectivity index (χ4n) is 2.08. The SMILES string of the molecule is C/C=C/C=C/C(=O)NCC1(c2ccccc2)CC1. The molecular weight excluding hydrogens is 222 g/mol. The van der Waals surface area contributed by atoms with Crippen LogP contribution < -0.4 is 5.32 Å². The Morgan fingerprint density at radius 2 is 2.00 bits per heavy atom. The van der Waals surface area contributed by atoms with Gasteiger partial charge in [0.2, 0.25) is 5.91 Å². The highest BCUT2D eigenvalue weighted by Gasteiger charge is 2.43. The van der Waals surface area contributed by atoms with Crippen molar-refractivity contribution in [1.82, 2.24) is 5.32 Å². The van der Waals surface area contributed by atoms with E-state index in [-0.39, 0.29) is 11.3 Å². The standard InChI is InChI=1S/C16H19NO/c1-2-3-5-10-15(18)17-13-16(11-12-16)14-8-6-4-7-9-14/h2-10H,11-13H2,1H3,(H,17,18)/b3-2+,10-5+. The normalized spacial score (nSPS) is 17.2. The van der Waals surface area contributed by atoms with Gasteiger partial charge in [-0.3, -0.25) is 4.79 Å². The first-order valence-corrected chi connectivity index (χ1v) is 6.40. The first-order chi connectivity index (χ1) is 8.77. The summed E-state index contributed by atoms with van der Waals surface area (Å²) in [4.78, 5) is 11.6. The van der Waals surface area contributed by atoms with Crippen LogP contribution in [0.4, 0.5) is 0 Å². The number of hydrogen-bond donors (Lipinski definition) is 1. The van der Waals surface area contributed by atoms with E-state index in [0.29, 0.717) is 0 Å². The van der Waals surface area contributed by atoms with Gasteiger partial charge in [0.1, 0.15) is 0 Å². The number of rotatable bonds is 5. The smallest absolute Gasteiger partial charge is 0.244 e. The maximum atomic E-state index is 11.6. The van der Waals surface area contributed by atoms with Crippen LogP contribution in [0.2, 0.25) is 0 Å². The second-order valence-corrected chi connectivity index (χ2v) is 4.75. The molecule has 1 amide bonds. The topological polar surface area (TPSA) is 29.1 Å². The van der Waals surface area contributed by atoms with Crippen molar-refractivity contribution in [3.8, 4) is 0 Å². The lowest BCUT2D eigenvalue weighted by Crippen LogP contribution is -2.30. The van der Waals surface area contributed by atoms with Crippen molar-refractivity contribution in [2.45, 2.75) is 25.2 Å². The third-order valence-corrected chi connectivity index (χ3v) is 3.39. The fourth-order valence-corrected chi connectivity index (χ4v) is 2.08. The van der Waals surface area contributed by atoms with Gasteiger partial charge in [0.05, 0.1) is 0 Å². The summed E-state index contributed by atoms with van der Waals surface area (Å²) in [6.07, 6.45) is 9.41. The summed E-state index contributed by atoms with van der Waals surface area (Å²) < 4.78 is 0. The minimum atomic E-state index is -0.0182. The van der Waals surface area contributed by atoms with E-state index in [0.717, 1.165) is 19.4 Å². The molecule has 0 bridgehead atoms. The van der Waals surface area contributed by atoms with Gasteiger partial charge in [-0.2, -0.15) is 0 Å². The van der Waals surface area contributed by atoms with Crippen LogP contribution in [0.5, 0.6) is 0 Å². The van der Waals surface area contributed by atoms with Gasteiger partial charge < -0.3 is 5.32 Å². The molecule has 1 aliphatic carbocycles. The highest BCUT2D eigenvalue weighted by Crippen LogP contribution is 2.47. The molecule has 0 unspecified atom stereocenters. The van der Waals surface area contributed by atoms with Crippen LogP contribution in [-0.2, 0) is 10.2 Å². The van der Waals surface area contributed by atoms with Crippen LogP contribution in [0, 0.1) is 0 Å². The Morgan fingerprint density at radius 1 is 1.28 bits per heavy atom. The van der Waals surface area contributed by atoms with E-state index in [1.807, 2.05) is 25.1 Å². The van der Waals surface area contributed by atoms with Gasteiger partial charge in [0.25, 0.3) is 0 Å². The molecular formula is C16H19NO. The van der Waals surface area contributed by atoms with Gasteiger partial charge >= 0.3 is 0 Å². The highest BCUT2D eigenvalue weighted by molar-refractivity contribution is 5.87. The molecule has 0 spiro atoms. The Balaban J connectivity index is 1.89. The Morgan fingerprint density at radius 3 is 2.61 bits per heavy atom. The molecule has 1 aromatic carbocycles. The van der Waals surface area contributed by atoms with Crippen LogP contribution in [0.3, 0.4) is 0 Å². The van der Waals surface area contributed by atoms with E-state index >= 15 is 0 Å². The Bertz CT molecular complexity index is 455. The molecule has 2 nitrogen and oxygen atoms in total. The van der Waals surface area contributed by atoms with Crippen molar-refractivity contribution in [2.75, 3.05) is 6.54 Å². The summed E-state index contributed by atoms with van der Waals surface area (Å²) in [7, 11) is 0. The van der Waals surface area contributed by atoms with Crippen molar-refractivity contribution in [3.63, 3.8) is 0 Å². The molecule has 0 heterocycles. The minimum absolute atomic E-state index is 0.0182. The number of amides is 1. The van der Waals surface area contributed by atoms with Gasteiger partial charge in [-0.25, -0.2) is 0 Å². The zero-order valence-electron chi connectivity index (χ0n) is 10.7. The van der Waals surface area contributed by atoms with Gasteiger partial charge in [-0.15, -0.1) is 0 Å². The fraction of sp³-hybridized carbons (Fsp3) is 0.312. The first kappa shape index (κ1) is 12.6. The molecule has 1 aromatic rings. The average Bonchev–Trinajstić information content (AvgIpc) is 3.19. The molecule has 1 saturated carbocycles. The van der Waals surface area contributed by atoms with Crippen LogP contribution in [0.15, 0.2) is 54.6 Å². The van der Waals surface area contributed by atoms with Crippen LogP contribution in [-0.4, -0.2) is 12.5 Å². The van der Waals surface area contributed by atoms with Crippen LogP contribution >= 0.6 is 0 Å². The predicted molar refractivity (Wildman–Crippen MR) is 74.3 cm³/mol. The van der Waals surface area contributed by atoms with Crippen molar-refractivity contribution >= 4 is 5.91 Å². The maximum absolute atomic E-state index is 11.6. The molecule has 94 valence electrons. The lowest BCUT2D eigenvalue weighted by molar-refractivity contribution is -0.116. The molecule has 0 aliphatic heterocycles. The third kappa shape index (κ3) is 3.10. The van der Waals surface area contributed by atoms with Gasteiger partial charge in [-0.1, -0.05) is 48.6 Å². The van der Waals surface area contributed by atoms with Gasteiger partial charge in [-0.05, 0) is 25.3 Å². The second-order valence-electron chi connectivity index (χ2n) is 4.75. The zero-order chi connectivity index (χ0) is 12.8. The number of carbonyl (C=O) groups excluding carboxylic acids is 1. The zero-order valence-corrected chi connectivity index (χ0v) is 10.7. The van der Waals surface area contributed by atoms with Crippen LogP contribution in [0.1, 0.15) is 25.3 Å². The van der Waals surface area contributed by atoms with Crippen molar-refractivity contribution in [1.29, 1.82) is 0 Å². The molecule has 2 heteroatoms. The third-order valence-electron chi connectivity index (χ3n) is 3.39. The van der Waals surface area contributed by atoms with E-state index in [4.69, 9.17) is 0 Å². The molecule has 18 heavy (non-hydrogen) atoms. The van der Waals surface area contributed by atoms with E-state index in [9.17, 15) is 4.79 Å². The van der Waals surface area contributed by atoms with Gasteiger partial charge in [0.15, 0.2) is 0 Å². The second kappa shape index (κ2) is 5.67. The first-order valence-electron chi connectivity index (χ1n) is 6.40.